The van der Waals surface area contributed by atoms with Crippen LogP contribution in [0.2, 0.25) is 0 Å². The molecule has 2 N–H and O–H groups in total. The molecule has 0 radical (unpaired) electrons. The Kier molecular flexibility index (Phi) is 4.35. The van der Waals surface area contributed by atoms with Crippen LogP contribution in [0.3, 0.4) is 0 Å². The number of benzene rings is 1. The van der Waals surface area contributed by atoms with Gasteiger partial charge in [-0.3, -0.25) is 4.79 Å². The minimum atomic E-state index is -0.335. The van der Waals surface area contributed by atoms with E-state index in [4.69, 9.17) is 11.6 Å². The van der Waals surface area contributed by atoms with Gasteiger partial charge in [0.25, 0.3) is 5.91 Å². The van der Waals surface area contributed by atoms with Gasteiger partial charge in [-0.05, 0) is 30.9 Å². The minimum Gasteiger partial charge on any atom is -0.507 e. The molecule has 1 aromatic carbocycles. The van der Waals surface area contributed by atoms with Gasteiger partial charge in [0, 0.05) is 5.88 Å². The number of nitrogens with one attached hydrogen (secondary N) is 1. The average molecular weight is 282 g/mol. The number of halogens is 1. The van der Waals surface area contributed by atoms with Crippen LogP contribution in [0.15, 0.2) is 24.3 Å². The van der Waals surface area contributed by atoms with Crippen molar-refractivity contribution in [3.63, 3.8) is 0 Å². The topological polar surface area (TPSA) is 49.3 Å². The van der Waals surface area contributed by atoms with E-state index in [0.717, 1.165) is 19.3 Å². The summed E-state index contributed by atoms with van der Waals surface area (Å²) in [4.78, 5) is 12.3. The Bertz CT molecular complexity index is 463. The molecule has 2 rings (SSSR count). The number of hydrogen-bond donors (Lipinski definition) is 2. The normalized spacial score (nSPS) is 26.9. The van der Waals surface area contributed by atoms with Crippen LogP contribution in [0, 0.1) is 5.92 Å². The first kappa shape index (κ1) is 14.2. The van der Waals surface area contributed by atoms with E-state index in [1.807, 2.05) is 0 Å². The van der Waals surface area contributed by atoms with Crippen molar-refractivity contribution in [1.29, 1.82) is 0 Å². The number of para-hydroxylation sites is 1. The summed E-state index contributed by atoms with van der Waals surface area (Å²) >= 11 is 6.10. The molecule has 1 amide bonds. The maximum Gasteiger partial charge on any atom is 0.255 e. The number of carbonyl (C=O) groups is 1. The number of aromatic hydroxyl groups is 1. The summed E-state index contributed by atoms with van der Waals surface area (Å²) in [7, 11) is 0. The monoisotopic (exact) mass is 281 g/mol. The first-order valence-corrected chi connectivity index (χ1v) is 7.26. The van der Waals surface area contributed by atoms with Crippen LogP contribution >= 0.6 is 11.6 Å². The van der Waals surface area contributed by atoms with Crippen LogP contribution in [0.25, 0.3) is 0 Å². The summed E-state index contributed by atoms with van der Waals surface area (Å²) in [6.45, 7) is 2.19. The Hall–Kier alpha value is -1.22. The van der Waals surface area contributed by atoms with Gasteiger partial charge in [0.2, 0.25) is 0 Å². The second-order valence-corrected chi connectivity index (χ2v) is 5.85. The summed E-state index contributed by atoms with van der Waals surface area (Å²) in [6, 6.07) is 6.59. The number of phenols is 1. The van der Waals surface area contributed by atoms with E-state index in [2.05, 4.69) is 12.2 Å². The van der Waals surface area contributed by atoms with Gasteiger partial charge in [-0.1, -0.05) is 31.9 Å². The molecule has 0 saturated heterocycles. The van der Waals surface area contributed by atoms with Crippen molar-refractivity contribution >= 4 is 17.5 Å². The average Bonchev–Trinajstić information content (AvgIpc) is 2.39. The molecular formula is C15H20ClNO2. The van der Waals surface area contributed by atoms with Gasteiger partial charge in [-0.25, -0.2) is 0 Å². The smallest absolute Gasteiger partial charge is 0.255 e. The van der Waals surface area contributed by atoms with E-state index >= 15 is 0 Å². The summed E-state index contributed by atoms with van der Waals surface area (Å²) in [5.41, 5.74) is -0.0243. The van der Waals surface area contributed by atoms with Crippen LogP contribution in [-0.4, -0.2) is 22.4 Å². The zero-order valence-corrected chi connectivity index (χ0v) is 11.9. The lowest BCUT2D eigenvalue weighted by Crippen LogP contribution is -2.52. The molecule has 4 heteroatoms. The molecule has 1 saturated carbocycles. The summed E-state index contributed by atoms with van der Waals surface area (Å²) in [5, 5.41) is 12.8. The van der Waals surface area contributed by atoms with Crippen LogP contribution in [0.5, 0.6) is 5.75 Å². The van der Waals surface area contributed by atoms with Crippen molar-refractivity contribution in [3.05, 3.63) is 29.8 Å². The Morgan fingerprint density at radius 2 is 2.26 bits per heavy atom. The summed E-state index contributed by atoms with van der Waals surface area (Å²) in [6.07, 6.45) is 4.07. The predicted molar refractivity (Wildman–Crippen MR) is 76.7 cm³/mol. The maximum absolute atomic E-state index is 12.3. The third-order valence-corrected chi connectivity index (χ3v) is 4.39. The van der Waals surface area contributed by atoms with Gasteiger partial charge in [0.15, 0.2) is 0 Å². The van der Waals surface area contributed by atoms with Crippen molar-refractivity contribution in [1.82, 2.24) is 5.32 Å². The largest absolute Gasteiger partial charge is 0.507 e. The Balaban J connectivity index is 2.14. The highest BCUT2D eigenvalue weighted by atomic mass is 35.5. The summed E-state index contributed by atoms with van der Waals surface area (Å²) < 4.78 is 0. The third kappa shape index (κ3) is 3.21. The first-order valence-electron chi connectivity index (χ1n) is 6.73. The quantitative estimate of drug-likeness (QED) is 0.835. The van der Waals surface area contributed by atoms with Crippen LogP contribution < -0.4 is 5.32 Å². The third-order valence-electron chi connectivity index (χ3n) is 3.87. The molecule has 19 heavy (non-hydrogen) atoms. The lowest BCUT2D eigenvalue weighted by atomic mass is 9.77. The fourth-order valence-corrected chi connectivity index (χ4v) is 3.21. The molecule has 3 nitrogen and oxygen atoms in total. The second-order valence-electron chi connectivity index (χ2n) is 5.59. The highest BCUT2D eigenvalue weighted by Gasteiger charge is 2.36. The van der Waals surface area contributed by atoms with Crippen molar-refractivity contribution < 1.29 is 9.90 Å². The molecule has 0 bridgehead atoms. The zero-order valence-electron chi connectivity index (χ0n) is 11.2. The molecule has 0 aliphatic heterocycles. The van der Waals surface area contributed by atoms with E-state index in [1.165, 1.54) is 12.5 Å². The number of amides is 1. The van der Waals surface area contributed by atoms with Crippen molar-refractivity contribution in [3.8, 4) is 5.75 Å². The van der Waals surface area contributed by atoms with E-state index in [9.17, 15) is 9.90 Å². The van der Waals surface area contributed by atoms with E-state index < -0.39 is 0 Å². The van der Waals surface area contributed by atoms with Crippen LogP contribution in [-0.2, 0) is 0 Å². The maximum atomic E-state index is 12.3. The van der Waals surface area contributed by atoms with E-state index in [1.54, 1.807) is 18.2 Å². The fraction of sp³-hybridized carbons (Fsp3) is 0.533. The van der Waals surface area contributed by atoms with Crippen LogP contribution in [0.1, 0.15) is 43.0 Å². The Morgan fingerprint density at radius 3 is 2.89 bits per heavy atom. The predicted octanol–water partition coefficient (Wildman–Crippen LogP) is 3.31. The lowest BCUT2D eigenvalue weighted by molar-refractivity contribution is 0.0864. The highest BCUT2D eigenvalue weighted by Crippen LogP contribution is 2.33. The lowest BCUT2D eigenvalue weighted by Gasteiger charge is -2.39. The summed E-state index contributed by atoms with van der Waals surface area (Å²) in [5.74, 6) is 0.745. The van der Waals surface area contributed by atoms with E-state index in [-0.39, 0.29) is 17.2 Å². The molecule has 1 aliphatic rings. The SMILES string of the molecule is CC1CCCC(CCl)(NC(=O)c2ccccc2O)C1. The molecule has 1 aromatic rings. The molecule has 0 aromatic heterocycles. The molecule has 104 valence electrons. The molecule has 1 fully saturated rings. The van der Waals surface area contributed by atoms with Crippen LogP contribution in [0.4, 0.5) is 0 Å². The number of rotatable bonds is 3. The first-order chi connectivity index (χ1) is 9.06. The van der Waals surface area contributed by atoms with Gasteiger partial charge in [0.1, 0.15) is 5.75 Å². The van der Waals surface area contributed by atoms with E-state index in [0.29, 0.717) is 17.4 Å². The molecule has 0 spiro atoms. The zero-order chi connectivity index (χ0) is 13.9. The molecule has 1 aliphatic carbocycles. The second kappa shape index (κ2) is 5.83. The number of carbonyl (C=O) groups excluding carboxylic acids is 1. The molecular weight excluding hydrogens is 262 g/mol. The standard InChI is InChI=1S/C15H20ClNO2/c1-11-5-4-8-15(9-11,10-16)17-14(19)12-6-2-3-7-13(12)18/h2-3,6-7,11,18H,4-5,8-10H2,1H3,(H,17,19). The number of alkyl halides is 1. The van der Waals surface area contributed by atoms with Crippen molar-refractivity contribution in [2.75, 3.05) is 5.88 Å². The Morgan fingerprint density at radius 1 is 1.53 bits per heavy atom. The Labute approximate surface area is 119 Å². The molecule has 2 atom stereocenters. The minimum absolute atomic E-state index is 0.00794. The highest BCUT2D eigenvalue weighted by molar-refractivity contribution is 6.19. The van der Waals surface area contributed by atoms with Gasteiger partial charge in [0.05, 0.1) is 11.1 Å². The number of hydrogen-bond acceptors (Lipinski definition) is 2. The van der Waals surface area contributed by atoms with Crippen molar-refractivity contribution in [2.45, 2.75) is 38.1 Å². The molecule has 2 unspecified atom stereocenters. The van der Waals surface area contributed by atoms with Gasteiger partial charge in [-0.15, -0.1) is 11.6 Å². The van der Waals surface area contributed by atoms with Gasteiger partial charge >= 0.3 is 0 Å². The van der Waals surface area contributed by atoms with Gasteiger partial charge < -0.3 is 10.4 Å². The fourth-order valence-electron chi connectivity index (χ4n) is 2.90. The van der Waals surface area contributed by atoms with Crippen molar-refractivity contribution in [2.24, 2.45) is 5.92 Å². The molecule has 0 heterocycles. The van der Waals surface area contributed by atoms with Gasteiger partial charge in [-0.2, -0.15) is 0 Å². The number of phenolic OH excluding ortho intramolecular Hbond substituents is 1.